The summed E-state index contributed by atoms with van der Waals surface area (Å²) in [7, 11) is 1.61. The van der Waals surface area contributed by atoms with Gasteiger partial charge in [0.15, 0.2) is 5.11 Å². The van der Waals surface area contributed by atoms with Crippen LogP contribution in [0.5, 0.6) is 5.75 Å². The molecule has 1 aromatic carbocycles. The standard InChI is InChI=1S/C16H17N3O3S2/c1-21-13-6-3-2-5-12(13)18-15(23)17-9-11-10-19(16(20)22-11)14-7-4-8-24-14/h2-8,11H,9-10H2,1H3,(H2,17,18,23). The third-order valence-electron chi connectivity index (χ3n) is 3.49. The molecule has 1 unspecified atom stereocenters. The van der Waals surface area contributed by atoms with E-state index in [9.17, 15) is 4.79 Å². The smallest absolute Gasteiger partial charge is 0.415 e. The molecule has 1 atom stereocenters. The highest BCUT2D eigenvalue weighted by Gasteiger charge is 2.32. The summed E-state index contributed by atoms with van der Waals surface area (Å²) < 4.78 is 10.6. The SMILES string of the molecule is COc1ccccc1NC(=S)NCC1CN(c2cccs2)C(=O)O1. The van der Waals surface area contributed by atoms with Crippen molar-refractivity contribution < 1.29 is 14.3 Å². The zero-order chi connectivity index (χ0) is 16.9. The van der Waals surface area contributed by atoms with Crippen molar-refractivity contribution in [1.82, 2.24) is 5.32 Å². The summed E-state index contributed by atoms with van der Waals surface area (Å²) in [5.41, 5.74) is 0.779. The molecule has 0 spiro atoms. The van der Waals surface area contributed by atoms with Gasteiger partial charge in [-0.3, -0.25) is 4.90 Å². The fourth-order valence-corrected chi connectivity index (χ4v) is 3.28. The van der Waals surface area contributed by atoms with Crippen LogP contribution in [0.2, 0.25) is 0 Å². The van der Waals surface area contributed by atoms with Crippen LogP contribution >= 0.6 is 23.6 Å². The lowest BCUT2D eigenvalue weighted by atomic mass is 10.3. The second kappa shape index (κ2) is 7.50. The van der Waals surface area contributed by atoms with Crippen LogP contribution in [0.15, 0.2) is 41.8 Å². The van der Waals surface area contributed by atoms with E-state index in [1.165, 1.54) is 11.3 Å². The number of carbonyl (C=O) groups excluding carboxylic acids is 1. The van der Waals surface area contributed by atoms with Crippen molar-refractivity contribution in [2.75, 3.05) is 30.4 Å². The average molecular weight is 363 g/mol. The van der Waals surface area contributed by atoms with E-state index in [4.69, 9.17) is 21.7 Å². The first-order valence-electron chi connectivity index (χ1n) is 7.37. The molecule has 3 rings (SSSR count). The number of thiocarbonyl (C=S) groups is 1. The third kappa shape index (κ3) is 3.77. The largest absolute Gasteiger partial charge is 0.495 e. The maximum atomic E-state index is 11.9. The molecular formula is C16H17N3O3S2. The van der Waals surface area contributed by atoms with Gasteiger partial charge in [0.25, 0.3) is 0 Å². The lowest BCUT2D eigenvalue weighted by Crippen LogP contribution is -2.37. The Morgan fingerprint density at radius 2 is 2.25 bits per heavy atom. The molecule has 1 aliphatic rings. The van der Waals surface area contributed by atoms with E-state index < -0.39 is 0 Å². The van der Waals surface area contributed by atoms with Gasteiger partial charge in [-0.2, -0.15) is 0 Å². The normalized spacial score (nSPS) is 16.6. The molecule has 1 aliphatic heterocycles. The summed E-state index contributed by atoms with van der Waals surface area (Å²) >= 11 is 6.80. The molecule has 1 aromatic heterocycles. The van der Waals surface area contributed by atoms with Crippen LogP contribution in [0.1, 0.15) is 0 Å². The predicted octanol–water partition coefficient (Wildman–Crippen LogP) is 3.07. The van der Waals surface area contributed by atoms with E-state index in [0.717, 1.165) is 10.7 Å². The summed E-state index contributed by atoms with van der Waals surface area (Å²) in [4.78, 5) is 13.6. The molecule has 0 aliphatic carbocycles. The number of para-hydroxylation sites is 2. The molecule has 126 valence electrons. The number of nitrogens with one attached hydrogen (secondary N) is 2. The van der Waals surface area contributed by atoms with Crippen molar-refractivity contribution in [2.24, 2.45) is 0 Å². The van der Waals surface area contributed by atoms with Crippen molar-refractivity contribution in [3.8, 4) is 5.75 Å². The first kappa shape index (κ1) is 16.5. The Hall–Kier alpha value is -2.32. The number of amides is 1. The molecule has 2 N–H and O–H groups in total. The molecular weight excluding hydrogens is 346 g/mol. The first-order valence-corrected chi connectivity index (χ1v) is 8.65. The Morgan fingerprint density at radius 3 is 3.00 bits per heavy atom. The van der Waals surface area contributed by atoms with Crippen LogP contribution in [-0.2, 0) is 4.74 Å². The molecule has 0 saturated carbocycles. The number of hydrogen-bond donors (Lipinski definition) is 2. The minimum absolute atomic E-state index is 0.253. The number of hydrogen-bond acceptors (Lipinski definition) is 5. The van der Waals surface area contributed by atoms with Crippen LogP contribution < -0.4 is 20.3 Å². The molecule has 1 fully saturated rings. The number of nitrogens with zero attached hydrogens (tertiary/aromatic N) is 1. The average Bonchev–Trinajstić information content (AvgIpc) is 3.23. The van der Waals surface area contributed by atoms with Gasteiger partial charge in [0.2, 0.25) is 0 Å². The monoisotopic (exact) mass is 363 g/mol. The summed E-state index contributed by atoms with van der Waals surface area (Å²) in [6, 6.07) is 11.3. The number of carbonyl (C=O) groups is 1. The molecule has 1 amide bonds. The van der Waals surface area contributed by atoms with Crippen molar-refractivity contribution in [3.05, 3.63) is 41.8 Å². The van der Waals surface area contributed by atoms with E-state index in [2.05, 4.69) is 10.6 Å². The fraction of sp³-hybridized carbons (Fsp3) is 0.250. The van der Waals surface area contributed by atoms with Gasteiger partial charge in [0.05, 0.1) is 25.9 Å². The molecule has 0 bridgehead atoms. The summed E-state index contributed by atoms with van der Waals surface area (Å²) in [6.07, 6.45) is -0.579. The van der Waals surface area contributed by atoms with Crippen LogP contribution in [-0.4, -0.2) is 37.5 Å². The molecule has 2 aromatic rings. The van der Waals surface area contributed by atoms with Gasteiger partial charge in [0.1, 0.15) is 16.9 Å². The lowest BCUT2D eigenvalue weighted by Gasteiger charge is -2.15. The van der Waals surface area contributed by atoms with Gasteiger partial charge in [-0.15, -0.1) is 11.3 Å². The van der Waals surface area contributed by atoms with Crippen molar-refractivity contribution >= 4 is 45.4 Å². The maximum Gasteiger partial charge on any atom is 0.415 e. The Bertz CT molecular complexity index is 721. The summed E-state index contributed by atoms with van der Waals surface area (Å²) in [6.45, 7) is 0.943. The molecule has 24 heavy (non-hydrogen) atoms. The Kier molecular flexibility index (Phi) is 5.17. The summed E-state index contributed by atoms with van der Waals surface area (Å²) in [5.74, 6) is 0.706. The van der Waals surface area contributed by atoms with E-state index in [0.29, 0.717) is 24.0 Å². The lowest BCUT2D eigenvalue weighted by molar-refractivity contribution is 0.143. The topological polar surface area (TPSA) is 62.8 Å². The highest BCUT2D eigenvalue weighted by molar-refractivity contribution is 7.80. The van der Waals surface area contributed by atoms with Gasteiger partial charge in [0, 0.05) is 0 Å². The van der Waals surface area contributed by atoms with Gasteiger partial charge >= 0.3 is 6.09 Å². The van der Waals surface area contributed by atoms with Crippen LogP contribution in [0.25, 0.3) is 0 Å². The van der Waals surface area contributed by atoms with Crippen LogP contribution in [0.3, 0.4) is 0 Å². The van der Waals surface area contributed by atoms with Gasteiger partial charge in [-0.1, -0.05) is 12.1 Å². The predicted molar refractivity (Wildman–Crippen MR) is 99.2 cm³/mol. The number of benzene rings is 1. The first-order chi connectivity index (χ1) is 11.7. The fourth-order valence-electron chi connectivity index (χ4n) is 2.35. The van der Waals surface area contributed by atoms with Crippen LogP contribution in [0.4, 0.5) is 15.5 Å². The molecule has 6 nitrogen and oxygen atoms in total. The Morgan fingerprint density at radius 1 is 1.42 bits per heavy atom. The molecule has 8 heteroatoms. The van der Waals surface area contributed by atoms with Crippen LogP contribution in [0, 0.1) is 0 Å². The zero-order valence-corrected chi connectivity index (χ0v) is 14.7. The summed E-state index contributed by atoms with van der Waals surface area (Å²) in [5, 5.41) is 9.42. The van der Waals surface area contributed by atoms with Gasteiger partial charge in [-0.05, 0) is 41.9 Å². The highest BCUT2D eigenvalue weighted by Crippen LogP contribution is 2.26. The molecule has 1 saturated heterocycles. The number of anilines is 2. The number of ether oxygens (including phenoxy) is 2. The van der Waals surface area contributed by atoms with E-state index in [-0.39, 0.29) is 12.2 Å². The van der Waals surface area contributed by atoms with E-state index >= 15 is 0 Å². The van der Waals surface area contributed by atoms with Crippen molar-refractivity contribution in [1.29, 1.82) is 0 Å². The minimum atomic E-state index is -0.326. The van der Waals surface area contributed by atoms with E-state index in [1.807, 2.05) is 41.8 Å². The Labute approximate surface area is 149 Å². The second-order valence-corrected chi connectivity index (χ2v) is 6.44. The van der Waals surface area contributed by atoms with Crippen molar-refractivity contribution in [3.63, 3.8) is 0 Å². The molecule has 2 heterocycles. The van der Waals surface area contributed by atoms with E-state index in [1.54, 1.807) is 12.0 Å². The number of cyclic esters (lactones) is 1. The van der Waals surface area contributed by atoms with Gasteiger partial charge in [-0.25, -0.2) is 4.79 Å². The Balaban J connectivity index is 1.51. The number of rotatable bonds is 5. The van der Waals surface area contributed by atoms with Gasteiger partial charge < -0.3 is 20.1 Å². The number of thiophene rings is 1. The quantitative estimate of drug-likeness (QED) is 0.796. The third-order valence-corrected chi connectivity index (χ3v) is 4.63. The second-order valence-electron chi connectivity index (χ2n) is 5.10. The maximum absolute atomic E-state index is 11.9. The van der Waals surface area contributed by atoms with Crippen molar-refractivity contribution in [2.45, 2.75) is 6.10 Å². The number of methoxy groups -OCH3 is 1. The molecule has 0 radical (unpaired) electrons. The minimum Gasteiger partial charge on any atom is -0.495 e. The highest BCUT2D eigenvalue weighted by atomic mass is 32.1. The zero-order valence-electron chi connectivity index (χ0n) is 13.0.